The van der Waals surface area contributed by atoms with Gasteiger partial charge in [-0.3, -0.25) is 24.3 Å². The van der Waals surface area contributed by atoms with E-state index >= 15 is 0 Å². The quantitative estimate of drug-likeness (QED) is 0.156. The van der Waals surface area contributed by atoms with Crippen molar-refractivity contribution in [2.45, 2.75) is 23.9 Å². The number of hydrogen-bond donors (Lipinski definition) is 0. The van der Waals surface area contributed by atoms with Crippen LogP contribution in [-0.4, -0.2) is 33.2 Å². The van der Waals surface area contributed by atoms with Crippen molar-refractivity contribution in [2.75, 3.05) is 17.7 Å². The number of nitro groups is 1. The molecule has 34 heavy (non-hydrogen) atoms. The molecule has 2 aromatic heterocycles. The summed E-state index contributed by atoms with van der Waals surface area (Å²) >= 11 is 2.67. The second-order valence-corrected chi connectivity index (χ2v) is 9.83. The second kappa shape index (κ2) is 9.03. The lowest BCUT2D eigenvalue weighted by atomic mass is 10.1. The Labute approximate surface area is 203 Å². The summed E-state index contributed by atoms with van der Waals surface area (Å²) in [5.74, 6) is 0.277. The van der Waals surface area contributed by atoms with E-state index in [4.69, 9.17) is 4.98 Å². The number of thiophene rings is 1. The van der Waals surface area contributed by atoms with E-state index < -0.39 is 4.92 Å². The Bertz CT molecular complexity index is 1440. The third-order valence-electron chi connectivity index (χ3n) is 5.78. The first-order valence-electron chi connectivity index (χ1n) is 10.7. The molecule has 0 atom stereocenters. The van der Waals surface area contributed by atoms with Gasteiger partial charge in [0.15, 0.2) is 5.16 Å². The molecule has 1 aliphatic rings. The van der Waals surface area contributed by atoms with E-state index in [0.717, 1.165) is 18.4 Å². The molecule has 8 nitrogen and oxygen atoms in total. The summed E-state index contributed by atoms with van der Waals surface area (Å²) in [6.45, 7) is 0. The van der Waals surface area contributed by atoms with Gasteiger partial charge in [-0.25, -0.2) is 4.98 Å². The molecule has 5 rings (SSSR count). The molecular formula is C24H20N4O4S2. The van der Waals surface area contributed by atoms with E-state index in [2.05, 4.69) is 0 Å². The molecule has 1 fully saturated rings. The number of non-ortho nitro benzene ring substituents is 1. The van der Waals surface area contributed by atoms with Crippen LogP contribution >= 0.6 is 23.1 Å². The Morgan fingerprint density at radius 2 is 1.91 bits per heavy atom. The number of carbonyl (C=O) groups is 1. The van der Waals surface area contributed by atoms with Gasteiger partial charge in [-0.1, -0.05) is 30.0 Å². The molecule has 1 saturated carbocycles. The maximum Gasteiger partial charge on any atom is 0.269 e. The van der Waals surface area contributed by atoms with Crippen molar-refractivity contribution in [1.82, 2.24) is 9.55 Å². The van der Waals surface area contributed by atoms with Crippen LogP contribution < -0.4 is 10.5 Å². The summed E-state index contributed by atoms with van der Waals surface area (Å²) in [5, 5.41) is 14.0. The highest BCUT2D eigenvalue weighted by Gasteiger charge is 2.29. The third-order valence-corrected chi connectivity index (χ3v) is 7.60. The molecule has 0 spiro atoms. The highest BCUT2D eigenvalue weighted by molar-refractivity contribution is 7.99. The van der Waals surface area contributed by atoms with Crippen LogP contribution in [0.5, 0.6) is 0 Å². The number of benzene rings is 2. The van der Waals surface area contributed by atoms with Gasteiger partial charge in [0.05, 0.1) is 21.7 Å². The smallest absolute Gasteiger partial charge is 0.269 e. The minimum Gasteiger partial charge on any atom is -0.315 e. The molecule has 0 radical (unpaired) electrons. The van der Waals surface area contributed by atoms with Gasteiger partial charge in [-0.05, 0) is 54.0 Å². The molecule has 172 valence electrons. The Hall–Kier alpha value is -3.50. The number of nitro benzene ring substituents is 1. The molecule has 0 bridgehead atoms. The number of rotatable bonds is 7. The van der Waals surface area contributed by atoms with Crippen LogP contribution in [0, 0.1) is 10.1 Å². The number of nitrogens with zero attached hydrogens (tertiary/aromatic N) is 4. The summed E-state index contributed by atoms with van der Waals surface area (Å²) in [6.07, 6.45) is 2.19. The van der Waals surface area contributed by atoms with Gasteiger partial charge in [0.2, 0.25) is 5.91 Å². The van der Waals surface area contributed by atoms with Crippen LogP contribution in [0.2, 0.25) is 0 Å². The minimum absolute atomic E-state index is 0.0372. The largest absolute Gasteiger partial charge is 0.315 e. The molecule has 0 unspecified atom stereocenters. The summed E-state index contributed by atoms with van der Waals surface area (Å²) < 4.78 is 1.59. The van der Waals surface area contributed by atoms with E-state index in [1.807, 2.05) is 35.7 Å². The average molecular weight is 493 g/mol. The van der Waals surface area contributed by atoms with Crippen molar-refractivity contribution in [1.29, 1.82) is 0 Å². The van der Waals surface area contributed by atoms with Crippen molar-refractivity contribution in [3.63, 3.8) is 0 Å². The molecule has 1 amide bonds. The van der Waals surface area contributed by atoms with Crippen LogP contribution in [0.15, 0.2) is 69.9 Å². The van der Waals surface area contributed by atoms with E-state index in [0.29, 0.717) is 32.7 Å². The minimum atomic E-state index is -0.481. The third kappa shape index (κ3) is 4.22. The topological polar surface area (TPSA) is 98.3 Å². The molecule has 2 heterocycles. The number of anilines is 1. The SMILES string of the molecule is CN(C(=O)CSc1nc2scc(C3CC3)c2c(=O)n1-c1ccccc1)c1ccc([N+](=O)[O-])cc1. The van der Waals surface area contributed by atoms with Crippen molar-refractivity contribution in [2.24, 2.45) is 0 Å². The highest BCUT2D eigenvalue weighted by atomic mass is 32.2. The van der Waals surface area contributed by atoms with Crippen molar-refractivity contribution in [3.8, 4) is 5.69 Å². The molecule has 0 N–H and O–H groups in total. The van der Waals surface area contributed by atoms with Gasteiger partial charge in [0.25, 0.3) is 11.2 Å². The monoisotopic (exact) mass is 492 g/mol. The van der Waals surface area contributed by atoms with Gasteiger partial charge < -0.3 is 4.90 Å². The zero-order chi connectivity index (χ0) is 23.8. The number of fused-ring (bicyclic) bond motifs is 1. The van der Waals surface area contributed by atoms with Crippen LogP contribution in [0.25, 0.3) is 15.9 Å². The van der Waals surface area contributed by atoms with Crippen LogP contribution in [-0.2, 0) is 4.79 Å². The molecule has 0 saturated heterocycles. The Morgan fingerprint density at radius 1 is 1.21 bits per heavy atom. The van der Waals surface area contributed by atoms with Crippen molar-refractivity contribution in [3.05, 3.63) is 86.0 Å². The summed E-state index contributed by atoms with van der Waals surface area (Å²) in [6, 6.07) is 15.1. The van der Waals surface area contributed by atoms with E-state index in [-0.39, 0.29) is 22.9 Å². The van der Waals surface area contributed by atoms with Gasteiger partial charge in [0.1, 0.15) is 4.83 Å². The predicted molar refractivity (Wildman–Crippen MR) is 134 cm³/mol. The zero-order valence-electron chi connectivity index (χ0n) is 18.2. The molecule has 0 aliphatic heterocycles. The Kier molecular flexibility index (Phi) is 5.93. The van der Waals surface area contributed by atoms with Crippen LogP contribution in [0.3, 0.4) is 0 Å². The van der Waals surface area contributed by atoms with Gasteiger partial charge in [-0.2, -0.15) is 0 Å². The molecular weight excluding hydrogens is 472 g/mol. The molecule has 4 aromatic rings. The van der Waals surface area contributed by atoms with Gasteiger partial charge in [-0.15, -0.1) is 11.3 Å². The molecule has 2 aromatic carbocycles. The van der Waals surface area contributed by atoms with Crippen LogP contribution in [0.4, 0.5) is 11.4 Å². The van der Waals surface area contributed by atoms with E-state index in [1.54, 1.807) is 11.6 Å². The van der Waals surface area contributed by atoms with Gasteiger partial charge >= 0.3 is 0 Å². The second-order valence-electron chi connectivity index (χ2n) is 8.03. The highest BCUT2D eigenvalue weighted by Crippen LogP contribution is 2.44. The van der Waals surface area contributed by atoms with Crippen molar-refractivity contribution >= 4 is 50.6 Å². The summed E-state index contributed by atoms with van der Waals surface area (Å²) in [7, 11) is 1.62. The predicted octanol–water partition coefficient (Wildman–Crippen LogP) is 4.99. The average Bonchev–Trinajstić information content (AvgIpc) is 3.61. The fraction of sp³-hybridized carbons (Fsp3) is 0.208. The number of aromatic nitrogens is 2. The first-order chi connectivity index (χ1) is 16.4. The van der Waals surface area contributed by atoms with E-state index in [1.165, 1.54) is 52.3 Å². The summed E-state index contributed by atoms with van der Waals surface area (Å²) in [5.41, 5.74) is 2.18. The Balaban J connectivity index is 1.45. The number of para-hydroxylation sites is 1. The lowest BCUT2D eigenvalue weighted by Crippen LogP contribution is -2.28. The first kappa shape index (κ1) is 22.3. The molecule has 1 aliphatic carbocycles. The number of amides is 1. The lowest BCUT2D eigenvalue weighted by Gasteiger charge is -2.18. The summed E-state index contributed by atoms with van der Waals surface area (Å²) in [4.78, 5) is 43.8. The standard InChI is InChI=1S/C24H20N4O4S2/c1-26(16-9-11-18(12-10-16)28(31)32)20(29)14-34-24-25-22-21(19(13-33-22)15-7-8-15)23(30)27(24)17-5-3-2-4-6-17/h2-6,9-13,15H,7-8,14H2,1H3. The molecule has 10 heteroatoms. The van der Waals surface area contributed by atoms with E-state index in [9.17, 15) is 19.7 Å². The fourth-order valence-electron chi connectivity index (χ4n) is 3.75. The first-order valence-corrected chi connectivity index (χ1v) is 12.5. The lowest BCUT2D eigenvalue weighted by molar-refractivity contribution is -0.384. The maximum atomic E-state index is 13.6. The van der Waals surface area contributed by atoms with Crippen LogP contribution in [0.1, 0.15) is 24.3 Å². The fourth-order valence-corrected chi connectivity index (χ4v) is 5.74. The van der Waals surface area contributed by atoms with Crippen molar-refractivity contribution < 1.29 is 9.72 Å². The normalized spacial score (nSPS) is 13.2. The van der Waals surface area contributed by atoms with Gasteiger partial charge in [0, 0.05) is 24.9 Å². The number of hydrogen-bond acceptors (Lipinski definition) is 7. The maximum absolute atomic E-state index is 13.6. The number of carbonyl (C=O) groups excluding carboxylic acids is 1. The number of thioether (sulfide) groups is 1. The Morgan fingerprint density at radius 3 is 2.56 bits per heavy atom. The zero-order valence-corrected chi connectivity index (χ0v) is 19.8.